The van der Waals surface area contributed by atoms with Gasteiger partial charge >= 0.3 is 12.2 Å². The molecule has 5 heterocycles. The average molecular weight is 664 g/mol. The number of hydrogen-bond acceptors (Lipinski definition) is 9. The number of rotatable bonds is 8. The molecule has 2 N–H and O–H groups in total. The minimum Gasteiger partial charge on any atom is -0.469 e. The van der Waals surface area contributed by atoms with E-state index in [0.29, 0.717) is 55.0 Å². The summed E-state index contributed by atoms with van der Waals surface area (Å²) in [5.74, 6) is 0.337. The van der Waals surface area contributed by atoms with Gasteiger partial charge in [-0.3, -0.25) is 18.7 Å². The maximum Gasteiger partial charge on any atom is 0.423 e. The smallest absolute Gasteiger partial charge is 0.423 e. The summed E-state index contributed by atoms with van der Waals surface area (Å²) in [7, 11) is 1.63. The van der Waals surface area contributed by atoms with E-state index in [-0.39, 0.29) is 42.8 Å². The number of hydrogen-bond donors (Lipinski definition) is 2. The van der Waals surface area contributed by atoms with Gasteiger partial charge in [0.25, 0.3) is 5.56 Å². The highest BCUT2D eigenvalue weighted by Crippen LogP contribution is 2.36. The second kappa shape index (κ2) is 12.7. The zero-order valence-corrected chi connectivity index (χ0v) is 25.9. The molecule has 16 heteroatoms. The van der Waals surface area contributed by atoms with E-state index < -0.39 is 23.7 Å². The molecule has 0 atom stereocenters. The first-order valence-corrected chi connectivity index (χ1v) is 15.5. The van der Waals surface area contributed by atoms with Crippen molar-refractivity contribution in [2.45, 2.75) is 56.6 Å². The molecule has 0 bridgehead atoms. The Morgan fingerprint density at radius 3 is 2.52 bits per heavy atom. The van der Waals surface area contributed by atoms with Crippen LogP contribution in [0.15, 0.2) is 65.7 Å². The van der Waals surface area contributed by atoms with Gasteiger partial charge in [-0.2, -0.15) is 23.1 Å². The molecule has 2 amide bonds. The molecule has 1 saturated heterocycles. The number of anilines is 2. The molecule has 1 saturated carbocycles. The van der Waals surface area contributed by atoms with Crippen molar-refractivity contribution in [1.82, 2.24) is 34.2 Å². The number of imidazole rings is 1. The Kier molecular flexibility index (Phi) is 8.33. The van der Waals surface area contributed by atoms with Crippen LogP contribution < -0.4 is 25.8 Å². The van der Waals surface area contributed by atoms with Crippen molar-refractivity contribution < 1.29 is 27.4 Å². The third-order valence-corrected chi connectivity index (χ3v) is 8.61. The number of alkyl halides is 3. The molecule has 13 nitrogen and oxygen atoms in total. The Balaban J connectivity index is 1.11. The number of fused-ring (bicyclic) bond motifs is 3. The molecule has 7 rings (SSSR count). The molecule has 5 aromatic rings. The number of aromatic nitrogens is 6. The SMILES string of the molecule is Cn1c(=O)ccn2c3ccc(N(C(=O)NCc4ccccc4)C4CCC(Nc5ncc(C(F)(F)F)c(OC6COC6)n5)CC4)nc3nc12. The lowest BCUT2D eigenvalue weighted by Gasteiger charge is -2.36. The van der Waals surface area contributed by atoms with Crippen LogP contribution in [0.25, 0.3) is 16.9 Å². The Labute approximate surface area is 271 Å². The summed E-state index contributed by atoms with van der Waals surface area (Å²) < 4.78 is 54.4. The van der Waals surface area contributed by atoms with E-state index >= 15 is 0 Å². The van der Waals surface area contributed by atoms with E-state index in [0.717, 1.165) is 11.8 Å². The number of urea groups is 1. The van der Waals surface area contributed by atoms with Crippen molar-refractivity contribution in [3.05, 3.63) is 82.4 Å². The van der Waals surface area contributed by atoms with Crippen molar-refractivity contribution in [1.29, 1.82) is 0 Å². The third-order valence-electron chi connectivity index (χ3n) is 8.61. The number of pyridine rings is 1. The number of benzene rings is 1. The molecule has 0 radical (unpaired) electrons. The summed E-state index contributed by atoms with van der Waals surface area (Å²) >= 11 is 0. The first kappa shape index (κ1) is 31.4. The summed E-state index contributed by atoms with van der Waals surface area (Å²) in [5.41, 5.74) is 0.762. The van der Waals surface area contributed by atoms with Crippen LogP contribution in [-0.2, 0) is 24.5 Å². The van der Waals surface area contributed by atoms with Gasteiger partial charge in [0.05, 0.1) is 18.7 Å². The van der Waals surface area contributed by atoms with Crippen LogP contribution in [-0.4, -0.2) is 66.3 Å². The Morgan fingerprint density at radius 1 is 1.04 bits per heavy atom. The summed E-state index contributed by atoms with van der Waals surface area (Å²) in [5, 5.41) is 6.17. The van der Waals surface area contributed by atoms with E-state index in [4.69, 9.17) is 14.5 Å². The number of nitrogens with zero attached hydrogens (tertiary/aromatic N) is 7. The predicted octanol–water partition coefficient (Wildman–Crippen LogP) is 4.31. The molecule has 1 aliphatic carbocycles. The molecule has 1 aliphatic heterocycles. The second-order valence-corrected chi connectivity index (χ2v) is 11.9. The van der Waals surface area contributed by atoms with Crippen molar-refractivity contribution in [2.24, 2.45) is 7.05 Å². The summed E-state index contributed by atoms with van der Waals surface area (Å²) in [4.78, 5) is 45.0. The van der Waals surface area contributed by atoms with Gasteiger partial charge in [-0.05, 0) is 43.4 Å². The molecular formula is C32H32F3N9O4. The second-order valence-electron chi connectivity index (χ2n) is 11.9. The molecule has 0 unspecified atom stereocenters. The van der Waals surface area contributed by atoms with Crippen LogP contribution in [0, 0.1) is 0 Å². The lowest BCUT2D eigenvalue weighted by atomic mass is 9.90. The van der Waals surface area contributed by atoms with Crippen LogP contribution in [0.2, 0.25) is 0 Å². The van der Waals surface area contributed by atoms with Gasteiger partial charge in [0, 0.05) is 44.1 Å². The van der Waals surface area contributed by atoms with Gasteiger partial charge in [0.1, 0.15) is 17.5 Å². The highest BCUT2D eigenvalue weighted by molar-refractivity contribution is 5.93. The number of amides is 2. The lowest BCUT2D eigenvalue weighted by molar-refractivity contribution is -0.142. The summed E-state index contributed by atoms with van der Waals surface area (Å²) in [6.45, 7) is 0.707. The number of nitrogens with one attached hydrogen (secondary N) is 2. The molecule has 4 aromatic heterocycles. The molecule has 2 aliphatic rings. The fourth-order valence-corrected chi connectivity index (χ4v) is 5.96. The van der Waals surface area contributed by atoms with Gasteiger partial charge in [-0.15, -0.1) is 0 Å². The Morgan fingerprint density at radius 2 is 1.81 bits per heavy atom. The van der Waals surface area contributed by atoms with Crippen molar-refractivity contribution in [3.8, 4) is 5.88 Å². The number of carbonyl (C=O) groups excluding carboxylic acids is 1. The van der Waals surface area contributed by atoms with E-state index in [9.17, 15) is 22.8 Å². The largest absolute Gasteiger partial charge is 0.469 e. The van der Waals surface area contributed by atoms with Crippen molar-refractivity contribution >= 4 is 34.7 Å². The average Bonchev–Trinajstić information content (AvgIpc) is 3.43. The van der Waals surface area contributed by atoms with Crippen molar-refractivity contribution in [3.63, 3.8) is 0 Å². The number of aryl methyl sites for hydroxylation is 1. The van der Waals surface area contributed by atoms with Gasteiger partial charge in [-0.1, -0.05) is 30.3 Å². The quantitative estimate of drug-likeness (QED) is 0.249. The minimum absolute atomic E-state index is 0.0347. The maximum atomic E-state index is 13.8. The van der Waals surface area contributed by atoms with E-state index in [1.54, 1.807) is 28.6 Å². The fourth-order valence-electron chi connectivity index (χ4n) is 5.96. The molecule has 1 aromatic carbocycles. The first-order chi connectivity index (χ1) is 23.1. The standard InChI is InChI=1S/C32H32F3N9O4/c1-42-26(45)13-14-43-24-11-12-25(39-27(24)40-30(42)43)44(31(46)37-15-19-5-3-2-4-6-19)21-9-7-20(8-10-21)38-29-36-16-23(32(33,34)35)28(41-29)48-22-17-47-18-22/h2-6,11-14,16,20-22H,7-10,15,17-18H2,1H3,(H,37,46)(H,36,38,41). The first-order valence-electron chi connectivity index (χ1n) is 15.5. The molecular weight excluding hydrogens is 631 g/mol. The molecule has 48 heavy (non-hydrogen) atoms. The monoisotopic (exact) mass is 663 g/mol. The van der Waals surface area contributed by atoms with E-state index in [1.807, 2.05) is 36.4 Å². The minimum atomic E-state index is -4.67. The highest BCUT2D eigenvalue weighted by Gasteiger charge is 2.38. The Bertz CT molecular complexity index is 2010. The number of ether oxygens (including phenoxy) is 2. The molecule has 2 fully saturated rings. The lowest BCUT2D eigenvalue weighted by Crippen LogP contribution is -2.49. The fraction of sp³-hybridized carbons (Fsp3) is 0.375. The van der Waals surface area contributed by atoms with Crippen LogP contribution in [0.4, 0.5) is 29.7 Å². The highest BCUT2D eigenvalue weighted by atomic mass is 19.4. The van der Waals surface area contributed by atoms with Gasteiger partial charge in [0.2, 0.25) is 17.6 Å². The number of halogens is 3. The summed E-state index contributed by atoms with van der Waals surface area (Å²) in [6, 6.07) is 13.9. The number of carbonyl (C=O) groups is 1. The van der Waals surface area contributed by atoms with E-state index in [1.165, 1.54) is 10.6 Å². The van der Waals surface area contributed by atoms with E-state index in [2.05, 4.69) is 25.6 Å². The maximum absolute atomic E-state index is 13.8. The Hall–Kier alpha value is -5.25. The van der Waals surface area contributed by atoms with Crippen LogP contribution in [0.1, 0.15) is 36.8 Å². The van der Waals surface area contributed by atoms with Crippen LogP contribution in [0.5, 0.6) is 5.88 Å². The zero-order chi connectivity index (χ0) is 33.4. The summed E-state index contributed by atoms with van der Waals surface area (Å²) in [6.07, 6.45) is -0.483. The topological polar surface area (TPSA) is 141 Å². The molecule has 0 spiro atoms. The van der Waals surface area contributed by atoms with Gasteiger partial charge in [-0.25, -0.2) is 14.8 Å². The van der Waals surface area contributed by atoms with Crippen LogP contribution >= 0.6 is 0 Å². The van der Waals surface area contributed by atoms with Gasteiger partial charge < -0.3 is 20.1 Å². The zero-order valence-electron chi connectivity index (χ0n) is 25.9. The van der Waals surface area contributed by atoms with Crippen LogP contribution in [0.3, 0.4) is 0 Å². The normalized spacial score (nSPS) is 18.4. The van der Waals surface area contributed by atoms with Gasteiger partial charge in [0.15, 0.2) is 5.65 Å². The predicted molar refractivity (Wildman–Crippen MR) is 169 cm³/mol. The third kappa shape index (κ3) is 6.34. The van der Waals surface area contributed by atoms with Crippen molar-refractivity contribution in [2.75, 3.05) is 23.4 Å². The molecule has 250 valence electrons.